The maximum absolute atomic E-state index is 13.7. The van der Waals surface area contributed by atoms with Gasteiger partial charge in [0.15, 0.2) is 0 Å². The number of nitrogens with one attached hydrogen (secondary N) is 2. The number of aryl methyl sites for hydroxylation is 1. The number of rotatable bonds is 5. The zero-order valence-electron chi connectivity index (χ0n) is 14.4. The normalized spacial score (nSPS) is 14.7. The van der Waals surface area contributed by atoms with Gasteiger partial charge in [-0.2, -0.15) is 0 Å². The summed E-state index contributed by atoms with van der Waals surface area (Å²) >= 11 is 0. The molecule has 0 bridgehead atoms. The Morgan fingerprint density at radius 2 is 1.88 bits per heavy atom. The van der Waals surface area contributed by atoms with Crippen molar-refractivity contribution in [2.75, 3.05) is 11.9 Å². The number of amides is 2. The molecule has 0 atom stereocenters. The second-order valence-corrected chi connectivity index (χ2v) is 6.65. The van der Waals surface area contributed by atoms with Crippen molar-refractivity contribution in [3.05, 3.63) is 65.0 Å². The molecule has 2 aromatic carbocycles. The van der Waals surface area contributed by atoms with Gasteiger partial charge in [-0.25, -0.2) is 4.39 Å². The van der Waals surface area contributed by atoms with Crippen molar-refractivity contribution in [1.82, 2.24) is 5.32 Å². The molecule has 0 heterocycles. The van der Waals surface area contributed by atoms with Crippen LogP contribution in [0, 0.1) is 12.7 Å². The molecule has 1 saturated carbocycles. The Balaban J connectivity index is 1.71. The first kappa shape index (κ1) is 17.1. The van der Waals surface area contributed by atoms with Gasteiger partial charge in [0.05, 0.1) is 5.69 Å². The molecule has 0 unspecified atom stereocenters. The summed E-state index contributed by atoms with van der Waals surface area (Å²) in [6.07, 6.45) is 2.08. The van der Waals surface area contributed by atoms with Crippen molar-refractivity contribution in [2.45, 2.75) is 32.1 Å². The highest BCUT2D eigenvalue weighted by Crippen LogP contribution is 2.48. The molecule has 130 valence electrons. The molecule has 25 heavy (non-hydrogen) atoms. The number of anilines is 1. The second kappa shape index (κ2) is 6.67. The number of halogens is 1. The van der Waals surface area contributed by atoms with E-state index in [9.17, 15) is 14.0 Å². The Bertz CT molecular complexity index is 828. The summed E-state index contributed by atoms with van der Waals surface area (Å²) in [7, 11) is 0. The van der Waals surface area contributed by atoms with Gasteiger partial charge < -0.3 is 10.6 Å². The fraction of sp³-hybridized carbons (Fsp3) is 0.300. The van der Waals surface area contributed by atoms with E-state index in [1.54, 1.807) is 0 Å². The van der Waals surface area contributed by atoms with E-state index in [1.807, 2.05) is 12.1 Å². The lowest BCUT2D eigenvalue weighted by Crippen LogP contribution is -2.32. The van der Waals surface area contributed by atoms with Crippen LogP contribution in [0.4, 0.5) is 10.1 Å². The summed E-state index contributed by atoms with van der Waals surface area (Å²) in [6, 6.07) is 12.2. The number of benzene rings is 2. The lowest BCUT2D eigenvalue weighted by atomic mass is 9.92. The Labute approximate surface area is 146 Å². The molecule has 3 rings (SSSR count). The third-order valence-corrected chi connectivity index (χ3v) is 4.70. The van der Waals surface area contributed by atoms with E-state index >= 15 is 0 Å². The number of carbonyl (C=O) groups excluding carboxylic acids is 2. The third kappa shape index (κ3) is 3.71. The minimum absolute atomic E-state index is 0.00149. The first-order chi connectivity index (χ1) is 11.9. The van der Waals surface area contributed by atoms with Crippen LogP contribution in [0.5, 0.6) is 0 Å². The van der Waals surface area contributed by atoms with E-state index < -0.39 is 5.82 Å². The highest BCUT2D eigenvalue weighted by molar-refractivity contribution is 5.97. The molecular weight excluding hydrogens is 319 g/mol. The Morgan fingerprint density at radius 3 is 2.52 bits per heavy atom. The molecule has 2 amide bonds. The van der Waals surface area contributed by atoms with Crippen molar-refractivity contribution >= 4 is 17.5 Å². The van der Waals surface area contributed by atoms with E-state index in [0.29, 0.717) is 12.1 Å². The molecule has 0 aromatic heterocycles. The van der Waals surface area contributed by atoms with Crippen molar-refractivity contribution in [3.8, 4) is 0 Å². The zero-order valence-corrected chi connectivity index (χ0v) is 14.4. The van der Waals surface area contributed by atoms with Crippen LogP contribution in [0.1, 0.15) is 41.3 Å². The van der Waals surface area contributed by atoms with Crippen LogP contribution in [0.25, 0.3) is 0 Å². The van der Waals surface area contributed by atoms with Crippen LogP contribution in [-0.4, -0.2) is 18.4 Å². The molecule has 4 nitrogen and oxygen atoms in total. The van der Waals surface area contributed by atoms with Crippen LogP contribution in [0.2, 0.25) is 0 Å². The molecule has 1 aliphatic carbocycles. The summed E-state index contributed by atoms with van der Waals surface area (Å²) < 4.78 is 13.7. The van der Waals surface area contributed by atoms with Gasteiger partial charge in [0.1, 0.15) is 5.82 Å². The quantitative estimate of drug-likeness (QED) is 0.874. The molecule has 0 spiro atoms. The summed E-state index contributed by atoms with van der Waals surface area (Å²) in [4.78, 5) is 23.6. The topological polar surface area (TPSA) is 58.2 Å². The molecule has 2 N–H and O–H groups in total. The van der Waals surface area contributed by atoms with Crippen LogP contribution in [0.15, 0.2) is 42.5 Å². The Kier molecular flexibility index (Phi) is 4.57. The van der Waals surface area contributed by atoms with E-state index in [0.717, 1.165) is 12.8 Å². The van der Waals surface area contributed by atoms with Crippen molar-refractivity contribution in [2.24, 2.45) is 0 Å². The van der Waals surface area contributed by atoms with E-state index in [4.69, 9.17) is 0 Å². The molecule has 0 aliphatic heterocycles. The van der Waals surface area contributed by atoms with Crippen molar-refractivity contribution in [1.29, 1.82) is 0 Å². The predicted octanol–water partition coefficient (Wildman–Crippen LogP) is 3.55. The predicted molar refractivity (Wildman–Crippen MR) is 95.1 cm³/mol. The van der Waals surface area contributed by atoms with Gasteiger partial charge >= 0.3 is 0 Å². The first-order valence-corrected chi connectivity index (χ1v) is 8.33. The van der Waals surface area contributed by atoms with Gasteiger partial charge in [0.25, 0.3) is 5.91 Å². The fourth-order valence-corrected chi connectivity index (χ4v) is 3.16. The summed E-state index contributed by atoms with van der Waals surface area (Å²) in [6.45, 7) is 3.92. The monoisotopic (exact) mass is 340 g/mol. The van der Waals surface area contributed by atoms with Gasteiger partial charge in [-0.05, 0) is 49.1 Å². The second-order valence-electron chi connectivity index (χ2n) is 6.65. The Hall–Kier alpha value is -2.69. The molecule has 0 saturated heterocycles. The lowest BCUT2D eigenvalue weighted by Gasteiger charge is -2.19. The van der Waals surface area contributed by atoms with Crippen molar-refractivity contribution < 1.29 is 14.0 Å². The maximum Gasteiger partial charge on any atom is 0.251 e. The standard InChI is InChI=1S/C20H21FN2O2/c1-13-5-3-4-6-16(13)20(9-10-20)12-22-19(25)15-7-8-17(21)18(11-15)23-14(2)24/h3-8,11H,9-10,12H2,1-2H3,(H,22,25)(H,23,24). The lowest BCUT2D eigenvalue weighted by molar-refractivity contribution is -0.114. The van der Waals surface area contributed by atoms with Crippen LogP contribution in [-0.2, 0) is 10.2 Å². The zero-order chi connectivity index (χ0) is 18.0. The summed E-state index contributed by atoms with van der Waals surface area (Å²) in [5.74, 6) is -1.22. The maximum atomic E-state index is 13.7. The molecule has 5 heteroatoms. The smallest absolute Gasteiger partial charge is 0.251 e. The van der Waals surface area contributed by atoms with Gasteiger partial charge in [-0.3, -0.25) is 9.59 Å². The van der Waals surface area contributed by atoms with Crippen molar-refractivity contribution in [3.63, 3.8) is 0 Å². The number of hydrogen-bond acceptors (Lipinski definition) is 2. The van der Waals surface area contributed by atoms with Crippen LogP contribution >= 0.6 is 0 Å². The summed E-state index contributed by atoms with van der Waals surface area (Å²) in [5.41, 5.74) is 2.84. The van der Waals surface area contributed by atoms with Gasteiger partial charge in [-0.1, -0.05) is 24.3 Å². The first-order valence-electron chi connectivity index (χ1n) is 8.33. The highest BCUT2D eigenvalue weighted by Gasteiger charge is 2.45. The van der Waals surface area contributed by atoms with Gasteiger partial charge in [-0.15, -0.1) is 0 Å². The minimum atomic E-state index is -0.565. The van der Waals surface area contributed by atoms with Gasteiger partial charge in [0, 0.05) is 24.4 Å². The minimum Gasteiger partial charge on any atom is -0.351 e. The molecule has 1 fully saturated rings. The van der Waals surface area contributed by atoms with E-state index in [2.05, 4.69) is 29.7 Å². The SMILES string of the molecule is CC(=O)Nc1cc(C(=O)NCC2(c3ccccc3C)CC2)ccc1F. The molecule has 1 aliphatic rings. The van der Waals surface area contributed by atoms with Crippen LogP contribution < -0.4 is 10.6 Å². The Morgan fingerprint density at radius 1 is 1.16 bits per heavy atom. The molecule has 0 radical (unpaired) electrons. The fourth-order valence-electron chi connectivity index (χ4n) is 3.16. The summed E-state index contributed by atoms with van der Waals surface area (Å²) in [5, 5.41) is 5.35. The largest absolute Gasteiger partial charge is 0.351 e. The highest BCUT2D eigenvalue weighted by atomic mass is 19.1. The number of hydrogen-bond donors (Lipinski definition) is 2. The average Bonchev–Trinajstić information content (AvgIpc) is 3.35. The third-order valence-electron chi connectivity index (χ3n) is 4.70. The molecular formula is C20H21FN2O2. The molecule has 2 aromatic rings. The number of carbonyl (C=O) groups is 2. The van der Waals surface area contributed by atoms with E-state index in [1.165, 1.54) is 36.2 Å². The van der Waals surface area contributed by atoms with Gasteiger partial charge in [0.2, 0.25) is 5.91 Å². The average molecular weight is 340 g/mol. The van der Waals surface area contributed by atoms with E-state index in [-0.39, 0.29) is 22.9 Å². The van der Waals surface area contributed by atoms with Crippen LogP contribution in [0.3, 0.4) is 0 Å².